The van der Waals surface area contributed by atoms with Crippen molar-refractivity contribution in [2.75, 3.05) is 17.1 Å². The Balaban J connectivity index is 1.17. The van der Waals surface area contributed by atoms with Gasteiger partial charge in [-0.15, -0.1) is 0 Å². The number of carbonyl (C=O) groups is 2. The summed E-state index contributed by atoms with van der Waals surface area (Å²) in [6, 6.07) is 26.7. The van der Waals surface area contributed by atoms with E-state index < -0.39 is 22.0 Å². The normalized spacial score (nSPS) is 25.4. The van der Waals surface area contributed by atoms with Crippen molar-refractivity contribution in [1.82, 2.24) is 10.2 Å². The van der Waals surface area contributed by atoms with Gasteiger partial charge >= 0.3 is 0 Å². The van der Waals surface area contributed by atoms with Crippen molar-refractivity contribution < 1.29 is 18.0 Å². The summed E-state index contributed by atoms with van der Waals surface area (Å²) in [7, 11) is -3.82. The van der Waals surface area contributed by atoms with Crippen molar-refractivity contribution in [1.29, 1.82) is 0 Å². The van der Waals surface area contributed by atoms with Crippen molar-refractivity contribution >= 4 is 27.5 Å². The van der Waals surface area contributed by atoms with Gasteiger partial charge in [-0.05, 0) is 103 Å². The van der Waals surface area contributed by atoms with Crippen LogP contribution in [0.4, 0.5) is 5.69 Å². The summed E-state index contributed by atoms with van der Waals surface area (Å²) in [5.41, 5.74) is 3.81. The number of amides is 2. The summed E-state index contributed by atoms with van der Waals surface area (Å²) in [4.78, 5) is 30.3. The molecule has 5 aliphatic rings. The first-order valence-corrected chi connectivity index (χ1v) is 20.3. The highest BCUT2D eigenvalue weighted by molar-refractivity contribution is 7.92. The standard InChI is InChI=1S/C41H51N3O4S/c1-49(47,48)44(37-19-17-35(18-20-37)41-25-32-21-33(26-41)23-34(22-32)27-41)29-39(45)43(28-31-13-7-3-8-14-31)38(24-30-11-5-2-6-12-30)40(46)42-36-15-9-4-10-16-36/h2-3,5-8,11-14,17-20,32-34,36,38H,4,9-10,15-16,21-29H2,1H3,(H,42,46)/t32?,33?,34?,38-,41?/m1/s1. The molecule has 0 unspecified atom stereocenters. The Hall–Kier alpha value is -3.65. The van der Waals surface area contributed by atoms with E-state index in [2.05, 4.69) is 17.4 Å². The number of carbonyl (C=O) groups excluding carboxylic acids is 2. The van der Waals surface area contributed by atoms with E-state index in [1.165, 1.54) is 54.8 Å². The third-order valence-corrected chi connectivity index (χ3v) is 13.0. The monoisotopic (exact) mass is 681 g/mol. The number of sulfonamides is 1. The molecule has 7 nitrogen and oxygen atoms in total. The summed E-state index contributed by atoms with van der Waals surface area (Å²) < 4.78 is 28.0. The molecule has 1 atom stereocenters. The largest absolute Gasteiger partial charge is 0.352 e. The lowest BCUT2D eigenvalue weighted by Gasteiger charge is -2.57. The zero-order valence-corrected chi connectivity index (χ0v) is 29.6. The number of nitrogens with one attached hydrogen (secondary N) is 1. The van der Waals surface area contributed by atoms with E-state index in [4.69, 9.17) is 0 Å². The molecule has 8 rings (SSSR count). The molecule has 3 aromatic rings. The van der Waals surface area contributed by atoms with Crippen LogP contribution in [0.1, 0.15) is 87.3 Å². The van der Waals surface area contributed by atoms with Gasteiger partial charge in [-0.25, -0.2) is 8.42 Å². The van der Waals surface area contributed by atoms with Crippen molar-refractivity contribution in [2.24, 2.45) is 17.8 Å². The molecule has 0 aromatic heterocycles. The van der Waals surface area contributed by atoms with E-state index in [0.29, 0.717) is 12.1 Å². The number of hydrogen-bond donors (Lipinski definition) is 1. The molecule has 0 aliphatic heterocycles. The minimum atomic E-state index is -3.82. The van der Waals surface area contributed by atoms with Crippen LogP contribution in [0.25, 0.3) is 0 Å². The maximum Gasteiger partial charge on any atom is 0.244 e. The lowest BCUT2D eigenvalue weighted by molar-refractivity contribution is -0.140. The van der Waals surface area contributed by atoms with E-state index in [1.807, 2.05) is 72.8 Å². The fraction of sp³-hybridized carbons (Fsp3) is 0.512. The van der Waals surface area contributed by atoms with Crippen molar-refractivity contribution in [3.8, 4) is 0 Å². The van der Waals surface area contributed by atoms with Gasteiger partial charge in [0.2, 0.25) is 21.8 Å². The van der Waals surface area contributed by atoms with Gasteiger partial charge in [0.25, 0.3) is 0 Å². The zero-order valence-electron chi connectivity index (χ0n) is 28.8. The molecule has 49 heavy (non-hydrogen) atoms. The Morgan fingerprint density at radius 3 is 1.88 bits per heavy atom. The fourth-order valence-corrected chi connectivity index (χ4v) is 10.8. The fourth-order valence-electron chi connectivity index (χ4n) is 9.94. The van der Waals surface area contributed by atoms with E-state index in [9.17, 15) is 18.0 Å². The Kier molecular flexibility index (Phi) is 9.87. The van der Waals surface area contributed by atoms with Crippen LogP contribution in [0.3, 0.4) is 0 Å². The molecule has 4 bridgehead atoms. The van der Waals surface area contributed by atoms with Crippen LogP contribution in [0.15, 0.2) is 84.9 Å². The first kappa shape index (κ1) is 33.8. The van der Waals surface area contributed by atoms with Crippen molar-refractivity contribution in [3.63, 3.8) is 0 Å². The van der Waals surface area contributed by atoms with Crippen molar-refractivity contribution in [2.45, 2.75) is 101 Å². The molecule has 2 amide bonds. The molecule has 1 N–H and O–H groups in total. The molecule has 0 radical (unpaired) electrons. The molecule has 3 aromatic carbocycles. The average Bonchev–Trinajstić information content (AvgIpc) is 3.09. The van der Waals surface area contributed by atoms with Gasteiger partial charge < -0.3 is 10.2 Å². The van der Waals surface area contributed by atoms with Crippen LogP contribution in [0.5, 0.6) is 0 Å². The summed E-state index contributed by atoms with van der Waals surface area (Å²) >= 11 is 0. The maximum atomic E-state index is 14.5. The summed E-state index contributed by atoms with van der Waals surface area (Å²) in [5, 5.41) is 3.27. The minimum absolute atomic E-state index is 0.0770. The predicted octanol–water partition coefficient (Wildman–Crippen LogP) is 7.01. The second-order valence-corrected chi connectivity index (χ2v) is 17.5. The van der Waals surface area contributed by atoms with Gasteiger partial charge in [0.1, 0.15) is 12.6 Å². The van der Waals surface area contributed by atoms with Gasteiger partial charge in [0, 0.05) is 19.0 Å². The van der Waals surface area contributed by atoms with Crippen LogP contribution in [0, 0.1) is 17.8 Å². The van der Waals surface area contributed by atoms with Crippen LogP contribution in [-0.4, -0.2) is 50.0 Å². The number of rotatable bonds is 12. The first-order valence-electron chi connectivity index (χ1n) is 18.4. The van der Waals surface area contributed by atoms with E-state index >= 15 is 0 Å². The van der Waals surface area contributed by atoms with E-state index in [0.717, 1.165) is 60.8 Å². The Morgan fingerprint density at radius 1 is 0.776 bits per heavy atom. The highest BCUT2D eigenvalue weighted by Crippen LogP contribution is 2.60. The van der Waals surface area contributed by atoms with Gasteiger partial charge in [-0.2, -0.15) is 0 Å². The van der Waals surface area contributed by atoms with Gasteiger partial charge in [0.15, 0.2) is 0 Å². The van der Waals surface area contributed by atoms with Gasteiger partial charge in [-0.1, -0.05) is 92.1 Å². The number of hydrogen-bond acceptors (Lipinski definition) is 4. The maximum absolute atomic E-state index is 14.5. The number of benzene rings is 3. The minimum Gasteiger partial charge on any atom is -0.352 e. The Bertz CT molecular complexity index is 1670. The number of anilines is 1. The molecule has 5 saturated carbocycles. The number of nitrogens with zero attached hydrogens (tertiary/aromatic N) is 2. The van der Waals surface area contributed by atoms with Crippen LogP contribution in [-0.2, 0) is 38.0 Å². The van der Waals surface area contributed by atoms with E-state index in [1.54, 1.807) is 4.90 Å². The molecule has 5 aliphatic carbocycles. The second-order valence-electron chi connectivity index (χ2n) is 15.6. The molecule has 8 heteroatoms. The third-order valence-electron chi connectivity index (χ3n) is 11.9. The Morgan fingerprint density at radius 2 is 1.33 bits per heavy atom. The second kappa shape index (κ2) is 14.3. The summed E-state index contributed by atoms with van der Waals surface area (Å²) in [5.74, 6) is 1.84. The predicted molar refractivity (Wildman–Crippen MR) is 194 cm³/mol. The zero-order chi connectivity index (χ0) is 34.0. The molecule has 0 saturated heterocycles. The van der Waals surface area contributed by atoms with Crippen LogP contribution < -0.4 is 9.62 Å². The quantitative estimate of drug-likeness (QED) is 0.223. The van der Waals surface area contributed by atoms with Crippen LogP contribution in [0.2, 0.25) is 0 Å². The molecular weight excluding hydrogens is 631 g/mol. The third kappa shape index (κ3) is 7.74. The molecule has 260 valence electrons. The van der Waals surface area contributed by atoms with Gasteiger partial charge in [0.05, 0.1) is 11.9 Å². The highest BCUT2D eigenvalue weighted by atomic mass is 32.2. The molecular formula is C41H51N3O4S. The average molecular weight is 682 g/mol. The van der Waals surface area contributed by atoms with Crippen LogP contribution >= 0.6 is 0 Å². The summed E-state index contributed by atoms with van der Waals surface area (Å²) in [6.07, 6.45) is 14.4. The SMILES string of the molecule is CS(=O)(=O)N(CC(=O)N(Cc1ccccc1)[C@H](Cc1ccccc1)C(=O)NC1CCCCC1)c1ccc(C23CC4CC(CC(C4)C2)C3)cc1. The van der Waals surface area contributed by atoms with Crippen molar-refractivity contribution in [3.05, 3.63) is 102 Å². The van der Waals surface area contributed by atoms with E-state index in [-0.39, 0.29) is 30.5 Å². The molecule has 0 spiro atoms. The summed E-state index contributed by atoms with van der Waals surface area (Å²) in [6.45, 7) is -0.192. The molecule has 0 heterocycles. The lowest BCUT2D eigenvalue weighted by Crippen LogP contribution is -2.55. The van der Waals surface area contributed by atoms with Gasteiger partial charge in [-0.3, -0.25) is 13.9 Å². The first-order chi connectivity index (χ1) is 23.6. The topological polar surface area (TPSA) is 86.8 Å². The Labute approximate surface area is 292 Å². The smallest absolute Gasteiger partial charge is 0.244 e. The molecule has 5 fully saturated rings. The lowest BCUT2D eigenvalue weighted by atomic mass is 9.48. The highest BCUT2D eigenvalue weighted by Gasteiger charge is 2.51.